The third-order valence-electron chi connectivity index (χ3n) is 3.13. The van der Waals surface area contributed by atoms with Crippen molar-refractivity contribution in [3.8, 4) is 10.4 Å². The molecule has 19 heavy (non-hydrogen) atoms. The molecule has 2 heterocycles. The average molecular weight is 274 g/mol. The van der Waals surface area contributed by atoms with E-state index in [9.17, 15) is 0 Å². The Morgan fingerprint density at radius 2 is 2.11 bits per heavy atom. The van der Waals surface area contributed by atoms with E-state index in [1.54, 1.807) is 0 Å². The maximum absolute atomic E-state index is 4.19. The van der Waals surface area contributed by atoms with E-state index in [2.05, 4.69) is 42.3 Å². The zero-order chi connectivity index (χ0) is 13.5. The smallest absolute Gasteiger partial charge is 0.0414 e. The molecule has 2 aromatic rings. The van der Waals surface area contributed by atoms with Crippen LogP contribution in [0.1, 0.15) is 44.0 Å². The van der Waals surface area contributed by atoms with Crippen molar-refractivity contribution in [3.63, 3.8) is 0 Å². The first-order valence-corrected chi connectivity index (χ1v) is 7.90. The molecule has 0 fully saturated rings. The largest absolute Gasteiger partial charge is 0.309 e. The molecule has 0 bridgehead atoms. The predicted octanol–water partition coefficient (Wildman–Crippen LogP) is 4.65. The minimum atomic E-state index is 0.500. The van der Waals surface area contributed by atoms with Gasteiger partial charge in [-0.25, -0.2) is 0 Å². The summed E-state index contributed by atoms with van der Waals surface area (Å²) in [6.45, 7) is 5.55. The minimum Gasteiger partial charge on any atom is -0.309 e. The Morgan fingerprint density at radius 1 is 1.21 bits per heavy atom. The molecule has 2 aromatic heterocycles. The molecule has 1 atom stereocenters. The first kappa shape index (κ1) is 14.2. The quantitative estimate of drug-likeness (QED) is 0.795. The molecule has 0 aliphatic carbocycles. The van der Waals surface area contributed by atoms with Crippen LogP contribution in [0.15, 0.2) is 36.7 Å². The number of nitrogens with one attached hydrogen (secondary N) is 1. The van der Waals surface area contributed by atoms with E-state index in [4.69, 9.17) is 0 Å². The highest BCUT2D eigenvalue weighted by atomic mass is 32.1. The van der Waals surface area contributed by atoms with Gasteiger partial charge < -0.3 is 5.32 Å². The van der Waals surface area contributed by atoms with E-state index >= 15 is 0 Å². The molecule has 0 radical (unpaired) electrons. The highest BCUT2D eigenvalue weighted by Crippen LogP contribution is 2.32. The van der Waals surface area contributed by atoms with Crippen LogP contribution >= 0.6 is 11.3 Å². The van der Waals surface area contributed by atoms with E-state index in [0.29, 0.717) is 6.04 Å². The summed E-state index contributed by atoms with van der Waals surface area (Å²) >= 11 is 1.88. The highest BCUT2D eigenvalue weighted by molar-refractivity contribution is 7.15. The number of pyridine rings is 1. The number of rotatable bonds is 7. The Balaban J connectivity index is 2.14. The van der Waals surface area contributed by atoms with Gasteiger partial charge in [-0.15, -0.1) is 11.3 Å². The highest BCUT2D eigenvalue weighted by Gasteiger charge is 2.12. The molecule has 0 aliphatic rings. The molecule has 0 aliphatic heterocycles. The molecule has 102 valence electrons. The Kier molecular flexibility index (Phi) is 5.55. The van der Waals surface area contributed by atoms with Crippen molar-refractivity contribution in [1.82, 2.24) is 10.3 Å². The first-order chi connectivity index (χ1) is 9.35. The van der Waals surface area contributed by atoms with Crippen LogP contribution in [-0.2, 0) is 0 Å². The summed E-state index contributed by atoms with van der Waals surface area (Å²) < 4.78 is 0. The van der Waals surface area contributed by atoms with Gasteiger partial charge in [-0.2, -0.15) is 0 Å². The second-order valence-corrected chi connectivity index (χ2v) is 5.85. The lowest BCUT2D eigenvalue weighted by Crippen LogP contribution is -2.21. The Morgan fingerprint density at radius 3 is 2.79 bits per heavy atom. The predicted molar refractivity (Wildman–Crippen MR) is 83.5 cm³/mol. The molecule has 2 rings (SSSR count). The van der Waals surface area contributed by atoms with Gasteiger partial charge in [0.2, 0.25) is 0 Å². The van der Waals surface area contributed by atoms with Gasteiger partial charge in [0, 0.05) is 33.8 Å². The Labute approximate surface area is 119 Å². The second kappa shape index (κ2) is 7.41. The summed E-state index contributed by atoms with van der Waals surface area (Å²) in [5.74, 6) is 0. The van der Waals surface area contributed by atoms with E-state index in [1.807, 2.05) is 29.8 Å². The maximum atomic E-state index is 4.19. The number of hydrogen-bond donors (Lipinski definition) is 1. The summed E-state index contributed by atoms with van der Waals surface area (Å²) in [5, 5.41) is 3.65. The van der Waals surface area contributed by atoms with Gasteiger partial charge in [-0.3, -0.25) is 4.98 Å². The number of aromatic nitrogens is 1. The topological polar surface area (TPSA) is 24.9 Å². The Hall–Kier alpha value is -1.19. The van der Waals surface area contributed by atoms with Gasteiger partial charge in [-0.1, -0.05) is 26.3 Å². The Bertz CT molecular complexity index is 479. The number of nitrogens with zero attached hydrogens (tertiary/aromatic N) is 1. The molecule has 0 saturated heterocycles. The molecule has 0 amide bonds. The van der Waals surface area contributed by atoms with Crippen LogP contribution in [0.3, 0.4) is 0 Å². The number of hydrogen-bond acceptors (Lipinski definition) is 3. The summed E-state index contributed by atoms with van der Waals surface area (Å²) in [4.78, 5) is 6.94. The van der Waals surface area contributed by atoms with Gasteiger partial charge in [0.05, 0.1) is 0 Å². The third-order valence-corrected chi connectivity index (χ3v) is 4.38. The van der Waals surface area contributed by atoms with Gasteiger partial charge >= 0.3 is 0 Å². The third kappa shape index (κ3) is 3.88. The lowest BCUT2D eigenvalue weighted by Gasteiger charge is -2.16. The van der Waals surface area contributed by atoms with E-state index in [0.717, 1.165) is 6.54 Å². The van der Waals surface area contributed by atoms with Gasteiger partial charge in [-0.05, 0) is 37.6 Å². The van der Waals surface area contributed by atoms with Crippen LogP contribution in [0.25, 0.3) is 10.4 Å². The fourth-order valence-corrected chi connectivity index (χ4v) is 3.26. The van der Waals surface area contributed by atoms with Crippen molar-refractivity contribution in [1.29, 1.82) is 0 Å². The summed E-state index contributed by atoms with van der Waals surface area (Å²) in [6, 6.07) is 9.09. The van der Waals surface area contributed by atoms with E-state index < -0.39 is 0 Å². The molecule has 0 spiro atoms. The van der Waals surface area contributed by atoms with Gasteiger partial charge in [0.1, 0.15) is 0 Å². The van der Waals surface area contributed by atoms with Crippen LogP contribution in [0.4, 0.5) is 0 Å². The summed E-state index contributed by atoms with van der Waals surface area (Å²) in [5.41, 5.74) is 1.21. The van der Waals surface area contributed by atoms with Crippen molar-refractivity contribution >= 4 is 11.3 Å². The lowest BCUT2D eigenvalue weighted by atomic mass is 10.1. The molecule has 2 nitrogen and oxygen atoms in total. The van der Waals surface area contributed by atoms with Crippen LogP contribution in [-0.4, -0.2) is 11.5 Å². The SMILES string of the molecule is CCCNC(CCC)c1ccc(-c2cccnc2)s1. The zero-order valence-corrected chi connectivity index (χ0v) is 12.5. The first-order valence-electron chi connectivity index (χ1n) is 7.08. The monoisotopic (exact) mass is 274 g/mol. The standard InChI is InChI=1S/C16H22N2S/c1-3-6-14(18-10-4-2)16-9-8-15(19-16)13-7-5-11-17-12-13/h5,7-9,11-12,14,18H,3-4,6,10H2,1-2H3. The van der Waals surface area contributed by atoms with Crippen LogP contribution in [0.5, 0.6) is 0 Å². The maximum Gasteiger partial charge on any atom is 0.0414 e. The van der Waals surface area contributed by atoms with Crippen molar-refractivity contribution < 1.29 is 0 Å². The average Bonchev–Trinajstić information content (AvgIpc) is 2.94. The number of thiophene rings is 1. The van der Waals surface area contributed by atoms with Crippen LogP contribution in [0.2, 0.25) is 0 Å². The molecule has 0 saturated carbocycles. The van der Waals surface area contributed by atoms with Crippen molar-refractivity contribution in [2.45, 2.75) is 39.2 Å². The summed E-state index contributed by atoms with van der Waals surface area (Å²) in [7, 11) is 0. The van der Waals surface area contributed by atoms with Crippen molar-refractivity contribution in [3.05, 3.63) is 41.5 Å². The second-order valence-electron chi connectivity index (χ2n) is 4.74. The van der Waals surface area contributed by atoms with Gasteiger partial charge in [0.25, 0.3) is 0 Å². The van der Waals surface area contributed by atoms with E-state index in [1.165, 1.54) is 34.6 Å². The molecular formula is C16H22N2S. The normalized spacial score (nSPS) is 12.5. The molecule has 1 N–H and O–H groups in total. The molecular weight excluding hydrogens is 252 g/mol. The van der Waals surface area contributed by atoms with Crippen LogP contribution in [0, 0.1) is 0 Å². The molecule has 1 unspecified atom stereocenters. The van der Waals surface area contributed by atoms with Crippen molar-refractivity contribution in [2.75, 3.05) is 6.54 Å². The van der Waals surface area contributed by atoms with Gasteiger partial charge in [0.15, 0.2) is 0 Å². The van der Waals surface area contributed by atoms with Crippen LogP contribution < -0.4 is 5.32 Å². The van der Waals surface area contributed by atoms with E-state index in [-0.39, 0.29) is 0 Å². The fourth-order valence-electron chi connectivity index (χ4n) is 2.16. The fraction of sp³-hybridized carbons (Fsp3) is 0.438. The minimum absolute atomic E-state index is 0.500. The summed E-state index contributed by atoms with van der Waals surface area (Å²) in [6.07, 6.45) is 7.35. The van der Waals surface area contributed by atoms with Crippen molar-refractivity contribution in [2.24, 2.45) is 0 Å². The zero-order valence-electron chi connectivity index (χ0n) is 11.7. The lowest BCUT2D eigenvalue weighted by molar-refractivity contribution is 0.501. The molecule has 3 heteroatoms. The molecule has 0 aromatic carbocycles.